The van der Waals surface area contributed by atoms with Gasteiger partial charge in [-0.05, 0) is 43.7 Å². The van der Waals surface area contributed by atoms with Gasteiger partial charge in [-0.15, -0.1) is 0 Å². The number of aromatic nitrogens is 4. The summed E-state index contributed by atoms with van der Waals surface area (Å²) in [7, 11) is 1.46. The summed E-state index contributed by atoms with van der Waals surface area (Å²) in [6.07, 6.45) is 5.46. The normalized spacial score (nSPS) is 16.8. The van der Waals surface area contributed by atoms with E-state index >= 15 is 0 Å². The Labute approximate surface area is 168 Å². The summed E-state index contributed by atoms with van der Waals surface area (Å²) in [4.78, 5) is 27.1. The molecule has 0 aromatic carbocycles. The number of amides is 1. The molecule has 0 saturated carbocycles. The van der Waals surface area contributed by atoms with Crippen molar-refractivity contribution < 1.29 is 14.1 Å². The highest BCUT2D eigenvalue weighted by Crippen LogP contribution is 2.33. The van der Waals surface area contributed by atoms with Crippen molar-refractivity contribution in [3.8, 4) is 11.4 Å². The minimum absolute atomic E-state index is 0.0198. The molecule has 1 aliphatic rings. The molecule has 1 fully saturated rings. The Hall–Kier alpha value is -3.17. The molecular weight excluding hydrogens is 372 g/mol. The van der Waals surface area contributed by atoms with E-state index in [0.29, 0.717) is 17.5 Å². The van der Waals surface area contributed by atoms with Crippen LogP contribution in [0.2, 0.25) is 0 Å². The minimum atomic E-state index is -0.260. The van der Waals surface area contributed by atoms with Gasteiger partial charge in [0.1, 0.15) is 12.4 Å². The summed E-state index contributed by atoms with van der Waals surface area (Å²) in [6, 6.07) is 9.50. The van der Waals surface area contributed by atoms with Gasteiger partial charge in [0.25, 0.3) is 5.91 Å². The molecule has 0 spiro atoms. The monoisotopic (exact) mass is 394 g/mol. The number of carbonyl (C=O) groups is 1. The Morgan fingerprint density at radius 3 is 3.00 bits per heavy atom. The zero-order valence-electron chi connectivity index (χ0n) is 16.1. The maximum absolute atomic E-state index is 11.6. The maximum Gasteiger partial charge on any atom is 0.251 e. The fourth-order valence-electron chi connectivity index (χ4n) is 3.39. The molecule has 4 rings (SSSR count). The molecule has 1 aliphatic heterocycles. The lowest BCUT2D eigenvalue weighted by Crippen LogP contribution is -2.23. The number of anilines is 1. The van der Waals surface area contributed by atoms with Crippen molar-refractivity contribution in [1.29, 1.82) is 0 Å². The molecule has 1 atom stereocenters. The molecule has 0 aliphatic carbocycles. The first-order valence-corrected chi connectivity index (χ1v) is 9.45. The van der Waals surface area contributed by atoms with Crippen LogP contribution in [0, 0.1) is 0 Å². The summed E-state index contributed by atoms with van der Waals surface area (Å²) < 4.78 is 10.3. The highest BCUT2D eigenvalue weighted by atomic mass is 16.5. The van der Waals surface area contributed by atoms with E-state index in [2.05, 4.69) is 30.3 Å². The third-order valence-electron chi connectivity index (χ3n) is 4.75. The van der Waals surface area contributed by atoms with E-state index in [1.54, 1.807) is 24.5 Å². The second kappa shape index (κ2) is 8.89. The van der Waals surface area contributed by atoms with Crippen LogP contribution in [0.15, 0.2) is 47.2 Å². The molecule has 0 bridgehead atoms. The van der Waals surface area contributed by atoms with Crippen molar-refractivity contribution >= 4 is 11.7 Å². The molecule has 0 unspecified atom stereocenters. The van der Waals surface area contributed by atoms with Gasteiger partial charge >= 0.3 is 0 Å². The number of hydrogen-bond acceptors (Lipinski definition) is 8. The SMILES string of the molecule is COCC(=O)Nc1ccc(-c2noc([C@H]3CCCN3Cc3ccccn3)n2)cn1. The number of carbonyl (C=O) groups excluding carboxylic acids is 1. The number of nitrogens with zero attached hydrogens (tertiary/aromatic N) is 5. The zero-order chi connectivity index (χ0) is 20.1. The van der Waals surface area contributed by atoms with E-state index in [1.165, 1.54) is 7.11 Å². The van der Waals surface area contributed by atoms with Gasteiger partial charge in [-0.1, -0.05) is 11.2 Å². The number of methoxy groups -OCH3 is 1. The van der Waals surface area contributed by atoms with Crippen LogP contribution in [-0.2, 0) is 16.1 Å². The number of pyridine rings is 2. The van der Waals surface area contributed by atoms with Crippen molar-refractivity contribution in [3.05, 3.63) is 54.3 Å². The van der Waals surface area contributed by atoms with Crippen molar-refractivity contribution in [2.45, 2.75) is 25.4 Å². The van der Waals surface area contributed by atoms with E-state index < -0.39 is 0 Å². The predicted octanol–water partition coefficient (Wildman–Crippen LogP) is 2.45. The first-order valence-electron chi connectivity index (χ1n) is 9.45. The second-order valence-electron chi connectivity index (χ2n) is 6.82. The standard InChI is InChI=1S/C20H22N6O3/c1-28-13-18(27)23-17-8-7-14(11-22-17)19-24-20(29-25-19)16-6-4-10-26(16)12-15-5-2-3-9-21-15/h2-3,5,7-9,11,16H,4,6,10,12-13H2,1H3,(H,22,23,27)/t16-/m1/s1. The summed E-state index contributed by atoms with van der Waals surface area (Å²) in [5, 5.41) is 6.77. The van der Waals surface area contributed by atoms with Crippen LogP contribution in [0.4, 0.5) is 5.82 Å². The summed E-state index contributed by atoms with van der Waals surface area (Å²) in [5.74, 6) is 1.26. The Morgan fingerprint density at radius 1 is 1.31 bits per heavy atom. The van der Waals surface area contributed by atoms with Gasteiger partial charge in [-0.3, -0.25) is 14.7 Å². The second-order valence-corrected chi connectivity index (χ2v) is 6.82. The van der Waals surface area contributed by atoms with Crippen LogP contribution in [0.3, 0.4) is 0 Å². The number of rotatable bonds is 7. The van der Waals surface area contributed by atoms with Gasteiger partial charge in [0.15, 0.2) is 0 Å². The van der Waals surface area contributed by atoms with Crippen molar-refractivity contribution in [1.82, 2.24) is 25.0 Å². The number of nitrogens with one attached hydrogen (secondary N) is 1. The molecule has 9 heteroatoms. The average molecular weight is 394 g/mol. The highest BCUT2D eigenvalue weighted by molar-refractivity contribution is 5.90. The van der Waals surface area contributed by atoms with E-state index in [-0.39, 0.29) is 18.6 Å². The molecule has 0 radical (unpaired) electrons. The van der Waals surface area contributed by atoms with E-state index in [4.69, 9.17) is 9.26 Å². The van der Waals surface area contributed by atoms with E-state index in [1.807, 2.05) is 18.2 Å². The summed E-state index contributed by atoms with van der Waals surface area (Å²) >= 11 is 0. The largest absolute Gasteiger partial charge is 0.375 e. The quantitative estimate of drug-likeness (QED) is 0.651. The molecule has 1 N–H and O–H groups in total. The molecular formula is C20H22N6O3. The number of hydrogen-bond donors (Lipinski definition) is 1. The average Bonchev–Trinajstić information content (AvgIpc) is 3.39. The lowest BCUT2D eigenvalue weighted by molar-refractivity contribution is -0.119. The van der Waals surface area contributed by atoms with Crippen molar-refractivity contribution in [2.24, 2.45) is 0 Å². The first-order chi connectivity index (χ1) is 14.2. The maximum atomic E-state index is 11.6. The highest BCUT2D eigenvalue weighted by Gasteiger charge is 2.31. The molecule has 1 amide bonds. The smallest absolute Gasteiger partial charge is 0.251 e. The lowest BCUT2D eigenvalue weighted by atomic mass is 10.2. The van der Waals surface area contributed by atoms with Crippen LogP contribution in [0.25, 0.3) is 11.4 Å². The van der Waals surface area contributed by atoms with Crippen LogP contribution in [-0.4, -0.2) is 51.2 Å². The van der Waals surface area contributed by atoms with E-state index in [9.17, 15) is 4.79 Å². The molecule has 3 aromatic rings. The predicted molar refractivity (Wildman–Crippen MR) is 105 cm³/mol. The van der Waals surface area contributed by atoms with Crippen molar-refractivity contribution in [2.75, 3.05) is 25.6 Å². The third-order valence-corrected chi connectivity index (χ3v) is 4.75. The molecule has 1 saturated heterocycles. The van der Waals surface area contributed by atoms with Gasteiger partial charge in [0.05, 0.1) is 11.7 Å². The molecule has 9 nitrogen and oxygen atoms in total. The fraction of sp³-hybridized carbons (Fsp3) is 0.350. The topological polar surface area (TPSA) is 106 Å². The van der Waals surface area contributed by atoms with Gasteiger partial charge in [-0.25, -0.2) is 4.98 Å². The van der Waals surface area contributed by atoms with Crippen LogP contribution >= 0.6 is 0 Å². The van der Waals surface area contributed by atoms with Gasteiger partial charge in [0.2, 0.25) is 11.7 Å². The summed E-state index contributed by atoms with van der Waals surface area (Å²) in [5.41, 5.74) is 1.74. The lowest BCUT2D eigenvalue weighted by Gasteiger charge is -2.20. The minimum Gasteiger partial charge on any atom is -0.375 e. The van der Waals surface area contributed by atoms with Gasteiger partial charge in [-0.2, -0.15) is 4.98 Å². The Bertz CT molecular complexity index is 944. The third kappa shape index (κ3) is 4.64. The molecule has 150 valence electrons. The molecule has 3 aromatic heterocycles. The Kier molecular flexibility index (Phi) is 5.87. The first kappa shape index (κ1) is 19.2. The fourth-order valence-corrected chi connectivity index (χ4v) is 3.39. The van der Waals surface area contributed by atoms with Gasteiger partial charge in [0, 0.05) is 31.6 Å². The van der Waals surface area contributed by atoms with Crippen LogP contribution < -0.4 is 5.32 Å². The number of likely N-dealkylation sites (tertiary alicyclic amines) is 1. The Balaban J connectivity index is 1.44. The van der Waals surface area contributed by atoms with E-state index in [0.717, 1.165) is 37.2 Å². The zero-order valence-corrected chi connectivity index (χ0v) is 16.1. The number of ether oxygens (including phenoxy) is 1. The van der Waals surface area contributed by atoms with Crippen molar-refractivity contribution in [3.63, 3.8) is 0 Å². The molecule has 4 heterocycles. The Morgan fingerprint density at radius 2 is 2.24 bits per heavy atom. The van der Waals surface area contributed by atoms with Crippen LogP contribution in [0.1, 0.15) is 30.5 Å². The summed E-state index contributed by atoms with van der Waals surface area (Å²) in [6.45, 7) is 1.70. The van der Waals surface area contributed by atoms with Gasteiger partial charge < -0.3 is 14.6 Å². The molecule has 29 heavy (non-hydrogen) atoms. The van der Waals surface area contributed by atoms with Crippen LogP contribution in [0.5, 0.6) is 0 Å².